The van der Waals surface area contributed by atoms with Crippen LogP contribution in [0, 0.1) is 5.92 Å². The predicted molar refractivity (Wildman–Crippen MR) is 94.5 cm³/mol. The average Bonchev–Trinajstić information content (AvgIpc) is 2.56. The van der Waals surface area contributed by atoms with Gasteiger partial charge in [0, 0.05) is 44.5 Å². The van der Waals surface area contributed by atoms with E-state index in [4.69, 9.17) is 0 Å². The van der Waals surface area contributed by atoms with Gasteiger partial charge in [-0.15, -0.1) is 0 Å². The van der Waals surface area contributed by atoms with E-state index in [-0.39, 0.29) is 0 Å². The van der Waals surface area contributed by atoms with Gasteiger partial charge < -0.3 is 4.90 Å². The van der Waals surface area contributed by atoms with Gasteiger partial charge in [0.05, 0.1) is 0 Å². The molecule has 0 N–H and O–H groups in total. The summed E-state index contributed by atoms with van der Waals surface area (Å²) < 4.78 is 0. The lowest BCUT2D eigenvalue weighted by molar-refractivity contribution is 0.249. The molecule has 1 aromatic carbocycles. The van der Waals surface area contributed by atoms with E-state index in [1.54, 1.807) is 6.33 Å². The summed E-state index contributed by atoms with van der Waals surface area (Å²) >= 11 is 0. The van der Waals surface area contributed by atoms with Gasteiger partial charge in [0.2, 0.25) is 0 Å². The Balaban J connectivity index is 1.56. The van der Waals surface area contributed by atoms with E-state index < -0.39 is 0 Å². The molecule has 1 aromatic heterocycles. The molecular weight excluding hydrogens is 284 g/mol. The Morgan fingerprint density at radius 2 is 1.74 bits per heavy atom. The molecule has 4 nitrogen and oxygen atoms in total. The zero-order valence-corrected chi connectivity index (χ0v) is 14.2. The van der Waals surface area contributed by atoms with Crippen LogP contribution in [-0.4, -0.2) is 41.0 Å². The van der Waals surface area contributed by atoms with E-state index >= 15 is 0 Å². The fraction of sp³-hybridized carbons (Fsp3) is 0.474. The van der Waals surface area contributed by atoms with Crippen LogP contribution in [0.2, 0.25) is 0 Å². The highest BCUT2D eigenvalue weighted by molar-refractivity contribution is 5.39. The van der Waals surface area contributed by atoms with Gasteiger partial charge >= 0.3 is 0 Å². The summed E-state index contributed by atoms with van der Waals surface area (Å²) in [4.78, 5) is 13.8. The fourth-order valence-electron chi connectivity index (χ4n) is 3.07. The van der Waals surface area contributed by atoms with Crippen molar-refractivity contribution in [3.05, 3.63) is 54.0 Å². The molecule has 1 aliphatic rings. The van der Waals surface area contributed by atoms with Crippen LogP contribution in [0.15, 0.2) is 42.7 Å². The Labute approximate surface area is 139 Å². The summed E-state index contributed by atoms with van der Waals surface area (Å²) in [5, 5.41) is 0. The topological polar surface area (TPSA) is 32.3 Å². The van der Waals surface area contributed by atoms with Gasteiger partial charge in [0.25, 0.3) is 0 Å². The summed E-state index contributed by atoms with van der Waals surface area (Å²) in [6.45, 7) is 9.72. The van der Waals surface area contributed by atoms with Crippen molar-refractivity contribution in [3.63, 3.8) is 0 Å². The molecule has 0 atom stereocenters. The highest BCUT2D eigenvalue weighted by Gasteiger charge is 2.18. The van der Waals surface area contributed by atoms with E-state index in [0.29, 0.717) is 5.92 Å². The molecule has 2 heterocycles. The van der Waals surface area contributed by atoms with Crippen molar-refractivity contribution in [2.24, 2.45) is 5.92 Å². The summed E-state index contributed by atoms with van der Waals surface area (Å²) in [5.41, 5.74) is 2.54. The molecule has 0 bridgehead atoms. The summed E-state index contributed by atoms with van der Waals surface area (Å²) in [7, 11) is 0. The van der Waals surface area contributed by atoms with Gasteiger partial charge in [0.15, 0.2) is 0 Å². The lowest BCUT2D eigenvalue weighted by atomic mass is 10.1. The van der Waals surface area contributed by atoms with Crippen LogP contribution in [-0.2, 0) is 13.0 Å². The van der Waals surface area contributed by atoms with Crippen LogP contribution < -0.4 is 4.90 Å². The van der Waals surface area contributed by atoms with E-state index in [1.807, 2.05) is 0 Å². The fourth-order valence-corrected chi connectivity index (χ4v) is 3.07. The SMILES string of the molecule is CC(C)Cc1cc(N2CCN(Cc3ccccc3)CC2)ncn1. The molecule has 4 heteroatoms. The predicted octanol–water partition coefficient (Wildman–Crippen LogP) is 3.00. The standard InChI is InChI=1S/C19H26N4/c1-16(2)12-18-13-19(21-15-20-18)23-10-8-22(9-11-23)14-17-6-4-3-5-7-17/h3-7,13,15-16H,8-12,14H2,1-2H3. The quantitative estimate of drug-likeness (QED) is 0.850. The highest BCUT2D eigenvalue weighted by Crippen LogP contribution is 2.16. The normalized spacial score (nSPS) is 16.0. The number of benzene rings is 1. The lowest BCUT2D eigenvalue weighted by Gasteiger charge is -2.35. The van der Waals surface area contributed by atoms with Crippen LogP contribution in [0.3, 0.4) is 0 Å². The van der Waals surface area contributed by atoms with Crippen LogP contribution in [0.5, 0.6) is 0 Å². The van der Waals surface area contributed by atoms with Crippen molar-refractivity contribution in [1.29, 1.82) is 0 Å². The minimum Gasteiger partial charge on any atom is -0.354 e. The van der Waals surface area contributed by atoms with Crippen molar-refractivity contribution in [2.75, 3.05) is 31.1 Å². The Morgan fingerprint density at radius 3 is 2.43 bits per heavy atom. The number of hydrogen-bond donors (Lipinski definition) is 0. The highest BCUT2D eigenvalue weighted by atomic mass is 15.3. The molecule has 0 spiro atoms. The van der Waals surface area contributed by atoms with Gasteiger partial charge in [-0.05, 0) is 17.9 Å². The maximum Gasteiger partial charge on any atom is 0.132 e. The molecule has 3 rings (SSSR count). The minimum atomic E-state index is 0.625. The summed E-state index contributed by atoms with van der Waals surface area (Å²) in [6, 6.07) is 12.9. The van der Waals surface area contributed by atoms with Crippen molar-refractivity contribution in [1.82, 2.24) is 14.9 Å². The number of piperazine rings is 1. The van der Waals surface area contributed by atoms with E-state index in [1.165, 1.54) is 5.56 Å². The zero-order valence-electron chi connectivity index (χ0n) is 14.2. The number of anilines is 1. The zero-order chi connectivity index (χ0) is 16.1. The first kappa shape index (κ1) is 15.9. The lowest BCUT2D eigenvalue weighted by Crippen LogP contribution is -2.46. The first-order chi connectivity index (χ1) is 11.2. The largest absolute Gasteiger partial charge is 0.354 e. The average molecular weight is 310 g/mol. The third-order valence-electron chi connectivity index (χ3n) is 4.27. The molecule has 0 unspecified atom stereocenters. The summed E-state index contributed by atoms with van der Waals surface area (Å²) in [5.74, 6) is 1.70. The molecule has 1 saturated heterocycles. The number of hydrogen-bond acceptors (Lipinski definition) is 4. The van der Waals surface area contributed by atoms with Crippen molar-refractivity contribution >= 4 is 5.82 Å². The molecule has 1 fully saturated rings. The number of rotatable bonds is 5. The van der Waals surface area contributed by atoms with Crippen LogP contribution in [0.25, 0.3) is 0 Å². The second kappa shape index (κ2) is 7.55. The van der Waals surface area contributed by atoms with E-state index in [0.717, 1.165) is 50.7 Å². The maximum absolute atomic E-state index is 4.48. The Morgan fingerprint density at radius 1 is 1.00 bits per heavy atom. The third kappa shape index (κ3) is 4.52. The smallest absolute Gasteiger partial charge is 0.132 e. The first-order valence-electron chi connectivity index (χ1n) is 8.53. The maximum atomic E-state index is 4.48. The van der Waals surface area contributed by atoms with Gasteiger partial charge in [-0.25, -0.2) is 9.97 Å². The van der Waals surface area contributed by atoms with Crippen LogP contribution in [0.1, 0.15) is 25.1 Å². The van der Waals surface area contributed by atoms with Crippen molar-refractivity contribution in [2.45, 2.75) is 26.8 Å². The molecule has 1 aliphatic heterocycles. The molecule has 2 aromatic rings. The molecule has 0 aliphatic carbocycles. The molecule has 0 radical (unpaired) electrons. The van der Waals surface area contributed by atoms with Crippen molar-refractivity contribution < 1.29 is 0 Å². The van der Waals surface area contributed by atoms with Crippen molar-refractivity contribution in [3.8, 4) is 0 Å². The van der Waals surface area contributed by atoms with Gasteiger partial charge in [-0.2, -0.15) is 0 Å². The molecular formula is C19H26N4. The third-order valence-corrected chi connectivity index (χ3v) is 4.27. The Kier molecular flexibility index (Phi) is 5.23. The van der Waals surface area contributed by atoms with Gasteiger partial charge in [-0.1, -0.05) is 44.2 Å². The Bertz CT molecular complexity index is 604. The van der Waals surface area contributed by atoms with E-state index in [2.05, 4.69) is 70.0 Å². The second-order valence-corrected chi connectivity index (χ2v) is 6.71. The molecule has 0 amide bonds. The number of nitrogens with zero attached hydrogens (tertiary/aromatic N) is 4. The van der Waals surface area contributed by atoms with Gasteiger partial charge in [-0.3, -0.25) is 4.90 Å². The molecule has 122 valence electrons. The van der Waals surface area contributed by atoms with E-state index in [9.17, 15) is 0 Å². The van der Waals surface area contributed by atoms with Crippen LogP contribution >= 0.6 is 0 Å². The monoisotopic (exact) mass is 310 g/mol. The summed E-state index contributed by atoms with van der Waals surface area (Å²) in [6.07, 6.45) is 2.73. The Hall–Kier alpha value is -1.94. The van der Waals surface area contributed by atoms with Crippen LogP contribution in [0.4, 0.5) is 5.82 Å². The molecule has 0 saturated carbocycles. The minimum absolute atomic E-state index is 0.625. The second-order valence-electron chi connectivity index (χ2n) is 6.71. The molecule has 23 heavy (non-hydrogen) atoms. The first-order valence-corrected chi connectivity index (χ1v) is 8.53. The number of aromatic nitrogens is 2. The van der Waals surface area contributed by atoms with Gasteiger partial charge in [0.1, 0.15) is 12.1 Å².